The average molecular weight is 384 g/mol. The molecule has 7 nitrogen and oxygen atoms in total. The van der Waals surface area contributed by atoms with Gasteiger partial charge in [0, 0.05) is 41.6 Å². The molecule has 8 heteroatoms. The van der Waals surface area contributed by atoms with Gasteiger partial charge < -0.3 is 24.7 Å². The molecule has 0 bridgehead atoms. The number of nitrogens with one attached hydrogen (secondary N) is 2. The number of methoxy groups -OCH3 is 1. The number of aromatic amines is 1. The highest BCUT2D eigenvalue weighted by molar-refractivity contribution is 7.14. The van der Waals surface area contributed by atoms with Crippen LogP contribution in [0.3, 0.4) is 0 Å². The molecule has 1 aliphatic rings. The average Bonchev–Trinajstić information content (AvgIpc) is 3.38. The second-order valence-electron chi connectivity index (χ2n) is 6.10. The first-order valence-corrected chi connectivity index (χ1v) is 9.53. The summed E-state index contributed by atoms with van der Waals surface area (Å²) in [5.74, 6) is -0.393. The largest absolute Gasteiger partial charge is 0.464 e. The van der Waals surface area contributed by atoms with Crippen LogP contribution in [0.5, 0.6) is 0 Å². The Bertz CT molecular complexity index is 913. The zero-order valence-corrected chi connectivity index (χ0v) is 15.7. The quantitative estimate of drug-likeness (QED) is 0.656. The number of carbonyl (C=O) groups is 1. The molecule has 0 unspecified atom stereocenters. The third kappa shape index (κ3) is 3.96. The fourth-order valence-corrected chi connectivity index (χ4v) is 3.67. The van der Waals surface area contributed by atoms with E-state index < -0.39 is 5.97 Å². The lowest BCUT2D eigenvalue weighted by Crippen LogP contribution is -2.36. The summed E-state index contributed by atoms with van der Waals surface area (Å²) < 4.78 is 10.1. The van der Waals surface area contributed by atoms with Gasteiger partial charge in [-0.2, -0.15) is 0 Å². The lowest BCUT2D eigenvalue weighted by Gasteiger charge is -2.28. The fourth-order valence-electron chi connectivity index (χ4n) is 2.93. The molecule has 1 saturated heterocycles. The second-order valence-corrected chi connectivity index (χ2v) is 6.96. The summed E-state index contributed by atoms with van der Waals surface area (Å²) in [4.78, 5) is 21.4. The summed E-state index contributed by atoms with van der Waals surface area (Å²) >= 11 is 1.52. The minimum absolute atomic E-state index is 0.393. The number of carbonyl (C=O) groups excluding carboxylic acids is 1. The van der Waals surface area contributed by atoms with Gasteiger partial charge >= 0.3 is 5.97 Å². The number of esters is 1. The molecule has 4 rings (SSSR count). The van der Waals surface area contributed by atoms with Gasteiger partial charge in [-0.25, -0.2) is 9.78 Å². The van der Waals surface area contributed by atoms with Crippen molar-refractivity contribution < 1.29 is 14.3 Å². The van der Waals surface area contributed by atoms with Gasteiger partial charge in [-0.3, -0.25) is 0 Å². The van der Waals surface area contributed by atoms with E-state index in [1.807, 2.05) is 5.38 Å². The molecule has 0 atom stereocenters. The molecule has 1 fully saturated rings. The third-order valence-corrected chi connectivity index (χ3v) is 5.14. The third-order valence-electron chi connectivity index (χ3n) is 4.38. The van der Waals surface area contributed by atoms with Crippen molar-refractivity contribution in [3.05, 3.63) is 47.6 Å². The van der Waals surface area contributed by atoms with E-state index in [0.717, 1.165) is 48.4 Å². The first-order chi connectivity index (χ1) is 13.2. The van der Waals surface area contributed by atoms with Crippen LogP contribution in [-0.4, -0.2) is 49.4 Å². The van der Waals surface area contributed by atoms with E-state index in [1.54, 1.807) is 12.3 Å². The topological polar surface area (TPSA) is 79.5 Å². The van der Waals surface area contributed by atoms with Crippen LogP contribution in [0.4, 0.5) is 16.5 Å². The maximum atomic E-state index is 11.6. The van der Waals surface area contributed by atoms with Crippen molar-refractivity contribution in [2.24, 2.45) is 0 Å². The molecule has 2 N–H and O–H groups in total. The lowest BCUT2D eigenvalue weighted by molar-refractivity contribution is 0.0595. The maximum absolute atomic E-state index is 11.6. The molecular formula is C19H20N4O3S. The Kier molecular flexibility index (Phi) is 5.08. The molecule has 0 aliphatic carbocycles. The molecule has 1 aromatic carbocycles. The number of aromatic nitrogens is 2. The second kappa shape index (κ2) is 7.81. The first-order valence-electron chi connectivity index (χ1n) is 8.65. The van der Waals surface area contributed by atoms with Crippen LogP contribution in [0.25, 0.3) is 11.3 Å². The van der Waals surface area contributed by atoms with Crippen LogP contribution >= 0.6 is 11.3 Å². The van der Waals surface area contributed by atoms with Gasteiger partial charge in [0.25, 0.3) is 0 Å². The van der Waals surface area contributed by atoms with Crippen molar-refractivity contribution >= 4 is 33.8 Å². The highest BCUT2D eigenvalue weighted by Gasteiger charge is 2.13. The Balaban J connectivity index is 1.43. The van der Waals surface area contributed by atoms with Crippen LogP contribution in [0.1, 0.15) is 10.5 Å². The number of rotatable bonds is 5. The fraction of sp³-hybridized carbons (Fsp3) is 0.263. The predicted molar refractivity (Wildman–Crippen MR) is 106 cm³/mol. The highest BCUT2D eigenvalue weighted by Crippen LogP contribution is 2.28. The smallest absolute Gasteiger partial charge is 0.354 e. The van der Waals surface area contributed by atoms with E-state index >= 15 is 0 Å². The summed E-state index contributed by atoms with van der Waals surface area (Å²) in [6.45, 7) is 3.40. The van der Waals surface area contributed by atoms with Gasteiger partial charge in [0.1, 0.15) is 5.69 Å². The SMILES string of the molecule is COC(=O)c1cc(-c2csc(Nc3ccc(N4CCOCC4)cc3)n2)c[nH]1. The molecule has 3 heterocycles. The van der Waals surface area contributed by atoms with Crippen LogP contribution < -0.4 is 10.2 Å². The van der Waals surface area contributed by atoms with Gasteiger partial charge in [0.2, 0.25) is 0 Å². The number of nitrogens with zero attached hydrogens (tertiary/aromatic N) is 2. The van der Waals surface area contributed by atoms with Crippen molar-refractivity contribution in [1.82, 2.24) is 9.97 Å². The van der Waals surface area contributed by atoms with Gasteiger partial charge in [0.15, 0.2) is 5.13 Å². The number of thiazole rings is 1. The monoisotopic (exact) mass is 384 g/mol. The minimum Gasteiger partial charge on any atom is -0.464 e. The Hall–Kier alpha value is -2.84. The standard InChI is InChI=1S/C19H20N4O3S/c1-25-18(24)16-10-13(11-20-16)17-12-27-19(22-17)21-14-2-4-15(5-3-14)23-6-8-26-9-7-23/h2-5,10-12,20H,6-9H2,1H3,(H,21,22). The number of benzene rings is 1. The van der Waals surface area contributed by atoms with E-state index in [1.165, 1.54) is 24.1 Å². The number of ether oxygens (including phenoxy) is 2. The predicted octanol–water partition coefficient (Wildman–Crippen LogP) is 3.51. The molecule has 27 heavy (non-hydrogen) atoms. The van der Waals surface area contributed by atoms with E-state index in [9.17, 15) is 4.79 Å². The van der Waals surface area contributed by atoms with Crippen molar-refractivity contribution in [3.63, 3.8) is 0 Å². The molecule has 2 aromatic heterocycles. The molecule has 0 spiro atoms. The lowest BCUT2D eigenvalue weighted by atomic mass is 10.2. The molecule has 0 saturated carbocycles. The van der Waals surface area contributed by atoms with Crippen molar-refractivity contribution in [1.29, 1.82) is 0 Å². The summed E-state index contributed by atoms with van der Waals surface area (Å²) in [6.07, 6.45) is 1.75. The van der Waals surface area contributed by atoms with Crippen molar-refractivity contribution in [2.75, 3.05) is 43.6 Å². The summed E-state index contributed by atoms with van der Waals surface area (Å²) in [5.41, 5.74) is 4.25. The van der Waals surface area contributed by atoms with E-state index in [-0.39, 0.29) is 0 Å². The Morgan fingerprint density at radius 2 is 2.07 bits per heavy atom. The van der Waals surface area contributed by atoms with Crippen LogP contribution in [-0.2, 0) is 9.47 Å². The Morgan fingerprint density at radius 3 is 2.81 bits per heavy atom. The number of H-pyrrole nitrogens is 1. The maximum Gasteiger partial charge on any atom is 0.354 e. The molecule has 1 aliphatic heterocycles. The van der Waals surface area contributed by atoms with Crippen molar-refractivity contribution in [2.45, 2.75) is 0 Å². The Morgan fingerprint density at radius 1 is 1.30 bits per heavy atom. The van der Waals surface area contributed by atoms with Crippen LogP contribution in [0.15, 0.2) is 41.9 Å². The molecule has 140 valence electrons. The van der Waals surface area contributed by atoms with Gasteiger partial charge in [-0.15, -0.1) is 11.3 Å². The van der Waals surface area contributed by atoms with Crippen LogP contribution in [0.2, 0.25) is 0 Å². The number of anilines is 3. The summed E-state index contributed by atoms with van der Waals surface area (Å²) in [6, 6.07) is 10.1. The van der Waals surface area contributed by atoms with E-state index in [2.05, 4.69) is 44.5 Å². The van der Waals surface area contributed by atoms with Crippen molar-refractivity contribution in [3.8, 4) is 11.3 Å². The molecule has 0 amide bonds. The zero-order chi connectivity index (χ0) is 18.6. The van der Waals surface area contributed by atoms with Gasteiger partial charge in [0.05, 0.1) is 26.0 Å². The minimum atomic E-state index is -0.393. The summed E-state index contributed by atoms with van der Waals surface area (Å²) in [7, 11) is 1.36. The summed E-state index contributed by atoms with van der Waals surface area (Å²) in [5, 5.41) is 6.08. The zero-order valence-electron chi connectivity index (χ0n) is 14.9. The first kappa shape index (κ1) is 17.6. The van der Waals surface area contributed by atoms with Gasteiger partial charge in [-0.1, -0.05) is 0 Å². The van der Waals surface area contributed by atoms with Gasteiger partial charge in [-0.05, 0) is 30.3 Å². The number of hydrogen-bond donors (Lipinski definition) is 2. The molecular weight excluding hydrogens is 364 g/mol. The molecule has 0 radical (unpaired) electrons. The number of hydrogen-bond acceptors (Lipinski definition) is 7. The molecule has 3 aromatic rings. The van der Waals surface area contributed by atoms with E-state index in [4.69, 9.17) is 9.47 Å². The number of morpholine rings is 1. The normalized spacial score (nSPS) is 14.2. The van der Waals surface area contributed by atoms with Crippen LogP contribution in [0, 0.1) is 0 Å². The highest BCUT2D eigenvalue weighted by atomic mass is 32.1. The Labute approximate surface area is 160 Å². The van der Waals surface area contributed by atoms with E-state index in [0.29, 0.717) is 5.69 Å².